The van der Waals surface area contributed by atoms with Crippen LogP contribution in [0.2, 0.25) is 0 Å². The van der Waals surface area contributed by atoms with Crippen molar-refractivity contribution in [2.45, 2.75) is 76.4 Å². The lowest BCUT2D eigenvalue weighted by Crippen LogP contribution is -2.57. The predicted molar refractivity (Wildman–Crippen MR) is 85.2 cm³/mol. The highest BCUT2D eigenvalue weighted by Crippen LogP contribution is 2.33. The van der Waals surface area contributed by atoms with Crippen LogP contribution in [0.15, 0.2) is 0 Å². The molecule has 0 radical (unpaired) electrons. The number of hydrogen-bond acceptors (Lipinski definition) is 3. The van der Waals surface area contributed by atoms with Crippen molar-refractivity contribution < 1.29 is 4.79 Å². The van der Waals surface area contributed by atoms with Crippen LogP contribution in [0, 0.1) is 5.92 Å². The van der Waals surface area contributed by atoms with Crippen LogP contribution in [0.1, 0.15) is 58.3 Å². The van der Waals surface area contributed by atoms with E-state index in [1.807, 2.05) is 0 Å². The number of carbonyl (C=O) groups excluding carboxylic acids is 1. The summed E-state index contributed by atoms with van der Waals surface area (Å²) in [5.74, 6) is 0.633. The van der Waals surface area contributed by atoms with Gasteiger partial charge in [0.15, 0.2) is 0 Å². The maximum atomic E-state index is 11.7. The second-order valence-corrected chi connectivity index (χ2v) is 7.16. The van der Waals surface area contributed by atoms with E-state index in [-0.39, 0.29) is 0 Å². The van der Waals surface area contributed by atoms with Crippen LogP contribution < -0.4 is 10.6 Å². The van der Waals surface area contributed by atoms with Crippen LogP contribution in [0.3, 0.4) is 0 Å². The molecule has 2 aliphatic heterocycles. The van der Waals surface area contributed by atoms with Crippen molar-refractivity contribution in [1.29, 1.82) is 0 Å². The van der Waals surface area contributed by atoms with Crippen LogP contribution in [0.25, 0.3) is 0 Å². The summed E-state index contributed by atoms with van der Waals surface area (Å²) < 4.78 is 0. The van der Waals surface area contributed by atoms with Gasteiger partial charge in [-0.1, -0.05) is 13.3 Å². The largest absolute Gasteiger partial charge is 0.355 e. The Balaban J connectivity index is 1.45. The van der Waals surface area contributed by atoms with E-state index in [1.165, 1.54) is 38.5 Å². The molecule has 21 heavy (non-hydrogen) atoms. The van der Waals surface area contributed by atoms with Crippen molar-refractivity contribution in [3.63, 3.8) is 0 Å². The molecule has 3 aliphatic rings. The van der Waals surface area contributed by atoms with Crippen LogP contribution in [-0.2, 0) is 4.79 Å². The molecular weight excluding hydrogens is 262 g/mol. The molecule has 0 spiro atoms. The molecule has 2 saturated heterocycles. The topological polar surface area (TPSA) is 44.4 Å². The SMILES string of the molecule is CCCNC1CC2CCCC(C1)N2CCNC(=O)C1CC1. The minimum Gasteiger partial charge on any atom is -0.355 e. The van der Waals surface area contributed by atoms with Crippen molar-refractivity contribution in [3.05, 3.63) is 0 Å². The van der Waals surface area contributed by atoms with E-state index < -0.39 is 0 Å². The van der Waals surface area contributed by atoms with Crippen molar-refractivity contribution in [3.8, 4) is 0 Å². The van der Waals surface area contributed by atoms with E-state index in [1.54, 1.807) is 0 Å². The molecule has 1 saturated carbocycles. The zero-order chi connectivity index (χ0) is 14.7. The summed E-state index contributed by atoms with van der Waals surface area (Å²) in [6.07, 6.45) is 10.1. The highest BCUT2D eigenvalue weighted by Gasteiger charge is 2.37. The molecule has 3 fully saturated rings. The lowest BCUT2D eigenvalue weighted by Gasteiger charge is -2.49. The smallest absolute Gasteiger partial charge is 0.223 e. The Morgan fingerprint density at radius 2 is 1.81 bits per heavy atom. The minimum atomic E-state index is 0.291. The standard InChI is InChI=1S/C17H31N3O/c1-2-8-18-14-11-15-4-3-5-16(12-14)20(15)10-9-19-17(21)13-6-7-13/h13-16,18H,2-12H2,1H3,(H,19,21). The lowest BCUT2D eigenvalue weighted by molar-refractivity contribution is -0.122. The monoisotopic (exact) mass is 293 g/mol. The van der Waals surface area contributed by atoms with Gasteiger partial charge in [-0.2, -0.15) is 0 Å². The fraction of sp³-hybridized carbons (Fsp3) is 0.941. The third kappa shape index (κ3) is 3.98. The van der Waals surface area contributed by atoms with Gasteiger partial charge in [-0.3, -0.25) is 9.69 Å². The fourth-order valence-electron chi connectivity index (χ4n) is 4.16. The zero-order valence-corrected chi connectivity index (χ0v) is 13.4. The minimum absolute atomic E-state index is 0.291. The average molecular weight is 293 g/mol. The number of nitrogens with one attached hydrogen (secondary N) is 2. The molecule has 0 aromatic carbocycles. The number of rotatable bonds is 7. The van der Waals surface area contributed by atoms with Crippen LogP contribution in [-0.4, -0.2) is 48.6 Å². The summed E-state index contributed by atoms with van der Waals surface area (Å²) in [4.78, 5) is 14.4. The zero-order valence-electron chi connectivity index (χ0n) is 13.4. The molecule has 0 aromatic rings. The molecule has 0 aromatic heterocycles. The van der Waals surface area contributed by atoms with E-state index in [9.17, 15) is 4.79 Å². The molecular formula is C17H31N3O. The number of amides is 1. The van der Waals surface area contributed by atoms with Crippen LogP contribution in [0.4, 0.5) is 0 Å². The molecule has 3 rings (SSSR count). The molecule has 4 heteroatoms. The summed E-state index contributed by atoms with van der Waals surface area (Å²) in [5.41, 5.74) is 0. The third-order valence-electron chi connectivity index (χ3n) is 5.43. The Hall–Kier alpha value is -0.610. The average Bonchev–Trinajstić information content (AvgIpc) is 3.29. The Kier molecular flexibility index (Phi) is 5.17. The van der Waals surface area contributed by atoms with Gasteiger partial charge in [-0.05, 0) is 51.5 Å². The first-order chi connectivity index (χ1) is 10.3. The lowest BCUT2D eigenvalue weighted by atomic mass is 9.81. The summed E-state index contributed by atoms with van der Waals surface area (Å²) in [6, 6.07) is 2.20. The first-order valence-electron chi connectivity index (χ1n) is 9.04. The highest BCUT2D eigenvalue weighted by atomic mass is 16.2. The number of piperidine rings is 2. The first-order valence-corrected chi connectivity index (χ1v) is 9.04. The van der Waals surface area contributed by atoms with E-state index in [2.05, 4.69) is 22.5 Å². The summed E-state index contributed by atoms with van der Waals surface area (Å²) in [7, 11) is 0. The number of nitrogens with zero attached hydrogens (tertiary/aromatic N) is 1. The van der Waals surface area contributed by atoms with Crippen LogP contribution in [0.5, 0.6) is 0 Å². The highest BCUT2D eigenvalue weighted by molar-refractivity contribution is 5.80. The second kappa shape index (κ2) is 7.10. The van der Waals surface area contributed by atoms with Gasteiger partial charge in [0, 0.05) is 37.1 Å². The maximum absolute atomic E-state index is 11.7. The van der Waals surface area contributed by atoms with Crippen molar-refractivity contribution in [2.75, 3.05) is 19.6 Å². The van der Waals surface area contributed by atoms with E-state index >= 15 is 0 Å². The van der Waals surface area contributed by atoms with Crippen molar-refractivity contribution in [2.24, 2.45) is 5.92 Å². The van der Waals surface area contributed by atoms with Crippen molar-refractivity contribution >= 4 is 5.91 Å². The maximum Gasteiger partial charge on any atom is 0.223 e. The van der Waals surface area contributed by atoms with Gasteiger partial charge >= 0.3 is 0 Å². The number of hydrogen-bond donors (Lipinski definition) is 2. The molecule has 1 amide bonds. The van der Waals surface area contributed by atoms with Gasteiger partial charge in [0.1, 0.15) is 0 Å². The van der Waals surface area contributed by atoms with Gasteiger partial charge in [0.05, 0.1) is 0 Å². The number of carbonyl (C=O) groups is 1. The van der Waals surface area contributed by atoms with E-state index in [0.717, 1.165) is 50.6 Å². The quantitative estimate of drug-likeness (QED) is 0.753. The van der Waals surface area contributed by atoms with Crippen molar-refractivity contribution in [1.82, 2.24) is 15.5 Å². The fourth-order valence-corrected chi connectivity index (χ4v) is 4.16. The van der Waals surface area contributed by atoms with Gasteiger partial charge in [-0.15, -0.1) is 0 Å². The van der Waals surface area contributed by atoms with Gasteiger partial charge in [0.25, 0.3) is 0 Å². The summed E-state index contributed by atoms with van der Waals surface area (Å²) in [5, 5.41) is 6.85. The Morgan fingerprint density at radius 1 is 1.10 bits per heavy atom. The molecule has 120 valence electrons. The molecule has 4 nitrogen and oxygen atoms in total. The Bertz CT molecular complexity index is 342. The summed E-state index contributed by atoms with van der Waals surface area (Å²) >= 11 is 0. The molecule has 2 unspecified atom stereocenters. The Labute approximate surface area is 129 Å². The second-order valence-electron chi connectivity index (χ2n) is 7.16. The van der Waals surface area contributed by atoms with Gasteiger partial charge in [-0.25, -0.2) is 0 Å². The molecule has 2 atom stereocenters. The van der Waals surface area contributed by atoms with Gasteiger partial charge < -0.3 is 10.6 Å². The number of fused-ring (bicyclic) bond motifs is 2. The Morgan fingerprint density at radius 3 is 2.43 bits per heavy atom. The van der Waals surface area contributed by atoms with E-state index in [0.29, 0.717) is 11.8 Å². The predicted octanol–water partition coefficient (Wildman–Crippen LogP) is 1.90. The molecule has 2 bridgehead atoms. The van der Waals surface area contributed by atoms with Crippen LogP contribution >= 0.6 is 0 Å². The summed E-state index contributed by atoms with van der Waals surface area (Å²) in [6.45, 7) is 5.29. The normalized spacial score (nSPS) is 32.9. The third-order valence-corrected chi connectivity index (χ3v) is 5.43. The molecule has 2 N–H and O–H groups in total. The van der Waals surface area contributed by atoms with Gasteiger partial charge in [0.2, 0.25) is 5.91 Å². The first kappa shape index (κ1) is 15.3. The molecule has 2 heterocycles. The van der Waals surface area contributed by atoms with E-state index in [4.69, 9.17) is 0 Å². The molecule has 1 aliphatic carbocycles.